The van der Waals surface area contributed by atoms with E-state index in [2.05, 4.69) is 60.8 Å². The third-order valence-corrected chi connectivity index (χ3v) is 3.70. The van der Waals surface area contributed by atoms with Gasteiger partial charge in [0.1, 0.15) is 5.60 Å². The lowest BCUT2D eigenvalue weighted by atomic mass is 9.81. The molecule has 0 aliphatic carbocycles. The largest absolute Gasteiger partial charge is 0.349 e. The molecular weight excluding hydrogens is 222 g/mol. The topological polar surface area (TPSA) is 21.3 Å². The van der Waals surface area contributed by atoms with Gasteiger partial charge in [0.15, 0.2) is 0 Å². The van der Waals surface area contributed by atoms with Crippen LogP contribution in [0.2, 0.25) is 0 Å². The quantitative estimate of drug-likeness (QED) is 0.870. The molecule has 3 rings (SSSR count). The van der Waals surface area contributed by atoms with Gasteiger partial charge in [0.2, 0.25) is 0 Å². The number of benzene rings is 2. The average Bonchev–Trinajstić information content (AvgIpc) is 2.84. The molecule has 2 nitrogen and oxygen atoms in total. The van der Waals surface area contributed by atoms with Gasteiger partial charge in [0.25, 0.3) is 0 Å². The lowest BCUT2D eigenvalue weighted by molar-refractivity contribution is 0.0289. The van der Waals surface area contributed by atoms with Crippen LogP contribution in [0, 0.1) is 0 Å². The zero-order valence-electron chi connectivity index (χ0n) is 10.5. The van der Waals surface area contributed by atoms with Crippen molar-refractivity contribution in [3.63, 3.8) is 0 Å². The zero-order chi connectivity index (χ0) is 12.4. The van der Waals surface area contributed by atoms with E-state index in [1.165, 1.54) is 11.1 Å². The highest BCUT2D eigenvalue weighted by Crippen LogP contribution is 2.39. The van der Waals surface area contributed by atoms with E-state index >= 15 is 0 Å². The minimum atomic E-state index is -0.372. The summed E-state index contributed by atoms with van der Waals surface area (Å²) in [5.41, 5.74) is 2.03. The zero-order valence-corrected chi connectivity index (χ0v) is 10.5. The monoisotopic (exact) mass is 239 g/mol. The fourth-order valence-electron chi connectivity index (χ4n) is 2.75. The van der Waals surface area contributed by atoms with Crippen LogP contribution in [0.4, 0.5) is 0 Å². The van der Waals surface area contributed by atoms with Crippen LogP contribution in [0.1, 0.15) is 18.1 Å². The van der Waals surface area contributed by atoms with Gasteiger partial charge >= 0.3 is 0 Å². The molecule has 18 heavy (non-hydrogen) atoms. The fraction of sp³-hybridized carbons (Fsp3) is 0.250. The number of rotatable bonds is 2. The minimum absolute atomic E-state index is 0.252. The molecule has 0 radical (unpaired) electrons. The maximum atomic E-state index is 6.11. The predicted molar refractivity (Wildman–Crippen MR) is 72.2 cm³/mol. The van der Waals surface area contributed by atoms with Crippen LogP contribution < -0.4 is 5.32 Å². The van der Waals surface area contributed by atoms with Gasteiger partial charge in [-0.2, -0.15) is 0 Å². The van der Waals surface area contributed by atoms with E-state index < -0.39 is 0 Å². The molecule has 0 bridgehead atoms. The standard InChI is InChI=1S/C16H17NO/c1-13-16(18-12-17-13,14-8-4-2-5-9-14)15-10-6-3-7-11-15/h2-11,13,17H,12H2,1H3. The Hall–Kier alpha value is -1.64. The Labute approximate surface area is 108 Å². The van der Waals surface area contributed by atoms with Crippen LogP contribution in [0.25, 0.3) is 0 Å². The highest BCUT2D eigenvalue weighted by Gasteiger charge is 2.44. The van der Waals surface area contributed by atoms with Crippen LogP contribution >= 0.6 is 0 Å². The van der Waals surface area contributed by atoms with E-state index in [-0.39, 0.29) is 11.6 Å². The van der Waals surface area contributed by atoms with Crippen molar-refractivity contribution in [1.29, 1.82) is 0 Å². The second-order valence-electron chi connectivity index (χ2n) is 4.68. The molecule has 1 N–H and O–H groups in total. The number of nitrogens with one attached hydrogen (secondary N) is 1. The molecule has 2 aromatic carbocycles. The Morgan fingerprint density at radius 2 is 1.44 bits per heavy atom. The SMILES string of the molecule is CC1NCOC1(c1ccccc1)c1ccccc1. The lowest BCUT2D eigenvalue weighted by Crippen LogP contribution is -2.39. The Bertz CT molecular complexity index is 470. The van der Waals surface area contributed by atoms with Crippen LogP contribution in [-0.2, 0) is 10.3 Å². The number of hydrogen-bond acceptors (Lipinski definition) is 2. The van der Waals surface area contributed by atoms with E-state index in [4.69, 9.17) is 4.74 Å². The highest BCUT2D eigenvalue weighted by molar-refractivity contribution is 5.39. The summed E-state index contributed by atoms with van der Waals surface area (Å²) >= 11 is 0. The van der Waals surface area contributed by atoms with Gasteiger partial charge in [0.05, 0.1) is 6.73 Å². The normalized spacial score (nSPS) is 21.9. The maximum Gasteiger partial charge on any atom is 0.135 e. The van der Waals surface area contributed by atoms with Gasteiger partial charge in [-0.15, -0.1) is 0 Å². The first-order valence-electron chi connectivity index (χ1n) is 6.32. The van der Waals surface area contributed by atoms with Crippen molar-refractivity contribution >= 4 is 0 Å². The van der Waals surface area contributed by atoms with Crippen molar-refractivity contribution in [2.75, 3.05) is 6.73 Å². The van der Waals surface area contributed by atoms with Crippen LogP contribution in [0.3, 0.4) is 0 Å². The number of hydrogen-bond donors (Lipinski definition) is 1. The summed E-state index contributed by atoms with van der Waals surface area (Å²) in [6, 6.07) is 21.1. The van der Waals surface area contributed by atoms with Crippen molar-refractivity contribution in [2.24, 2.45) is 0 Å². The van der Waals surface area contributed by atoms with Gasteiger partial charge in [-0.25, -0.2) is 0 Å². The van der Waals surface area contributed by atoms with Gasteiger partial charge in [-0.1, -0.05) is 60.7 Å². The number of ether oxygens (including phenoxy) is 1. The molecule has 1 aliphatic rings. The van der Waals surface area contributed by atoms with E-state index in [1.54, 1.807) is 0 Å². The first-order valence-corrected chi connectivity index (χ1v) is 6.32. The second-order valence-corrected chi connectivity index (χ2v) is 4.68. The second kappa shape index (κ2) is 4.56. The first kappa shape index (κ1) is 11.5. The predicted octanol–water partition coefficient (Wildman–Crippen LogP) is 2.90. The summed E-state index contributed by atoms with van der Waals surface area (Å²) in [4.78, 5) is 0. The molecular formula is C16H17NO. The van der Waals surface area contributed by atoms with Crippen LogP contribution in [-0.4, -0.2) is 12.8 Å². The maximum absolute atomic E-state index is 6.11. The smallest absolute Gasteiger partial charge is 0.135 e. The van der Waals surface area contributed by atoms with Gasteiger partial charge < -0.3 is 4.74 Å². The molecule has 0 spiro atoms. The summed E-state index contributed by atoms with van der Waals surface area (Å²) in [6.45, 7) is 2.76. The Morgan fingerprint density at radius 1 is 0.944 bits per heavy atom. The summed E-state index contributed by atoms with van der Waals surface area (Å²) in [5.74, 6) is 0. The van der Waals surface area contributed by atoms with Crippen molar-refractivity contribution in [3.8, 4) is 0 Å². The van der Waals surface area contributed by atoms with Gasteiger partial charge in [-0.05, 0) is 18.1 Å². The first-order chi connectivity index (χ1) is 8.84. The lowest BCUT2D eigenvalue weighted by Gasteiger charge is -2.33. The molecule has 2 aromatic rings. The van der Waals surface area contributed by atoms with E-state index in [0.717, 1.165) is 0 Å². The summed E-state index contributed by atoms with van der Waals surface area (Å²) in [6.07, 6.45) is 0. The molecule has 2 heteroatoms. The molecule has 1 heterocycles. The molecule has 0 amide bonds. The molecule has 1 saturated heterocycles. The molecule has 1 unspecified atom stereocenters. The molecule has 1 fully saturated rings. The average molecular weight is 239 g/mol. The van der Waals surface area contributed by atoms with E-state index in [0.29, 0.717) is 6.73 Å². The third-order valence-electron chi connectivity index (χ3n) is 3.70. The molecule has 1 atom stereocenters. The Balaban J connectivity index is 2.17. The van der Waals surface area contributed by atoms with Gasteiger partial charge in [0, 0.05) is 6.04 Å². The minimum Gasteiger partial charge on any atom is -0.349 e. The van der Waals surface area contributed by atoms with Crippen molar-refractivity contribution in [2.45, 2.75) is 18.6 Å². The van der Waals surface area contributed by atoms with Crippen LogP contribution in [0.5, 0.6) is 0 Å². The molecule has 0 saturated carbocycles. The Kier molecular flexibility index (Phi) is 2.90. The highest BCUT2D eigenvalue weighted by atomic mass is 16.5. The van der Waals surface area contributed by atoms with E-state index in [9.17, 15) is 0 Å². The fourth-order valence-corrected chi connectivity index (χ4v) is 2.75. The summed E-state index contributed by atoms with van der Waals surface area (Å²) in [5, 5.41) is 3.39. The summed E-state index contributed by atoms with van der Waals surface area (Å²) < 4.78 is 6.11. The van der Waals surface area contributed by atoms with Crippen molar-refractivity contribution < 1.29 is 4.74 Å². The van der Waals surface area contributed by atoms with Crippen molar-refractivity contribution in [1.82, 2.24) is 5.32 Å². The van der Waals surface area contributed by atoms with Crippen LogP contribution in [0.15, 0.2) is 60.7 Å². The van der Waals surface area contributed by atoms with E-state index in [1.807, 2.05) is 12.1 Å². The summed E-state index contributed by atoms with van der Waals surface area (Å²) in [7, 11) is 0. The molecule has 1 aliphatic heterocycles. The van der Waals surface area contributed by atoms with Crippen molar-refractivity contribution in [3.05, 3.63) is 71.8 Å². The molecule has 92 valence electrons. The molecule has 0 aromatic heterocycles. The Morgan fingerprint density at radius 3 is 1.83 bits per heavy atom. The third kappa shape index (κ3) is 1.65. The van der Waals surface area contributed by atoms with Gasteiger partial charge in [-0.3, -0.25) is 5.32 Å².